The first-order chi connectivity index (χ1) is 15.6. The van der Waals surface area contributed by atoms with E-state index in [-0.39, 0.29) is 43.8 Å². The van der Waals surface area contributed by atoms with E-state index in [1.54, 1.807) is 42.3 Å². The van der Waals surface area contributed by atoms with E-state index >= 15 is 0 Å². The van der Waals surface area contributed by atoms with E-state index in [2.05, 4.69) is 0 Å². The van der Waals surface area contributed by atoms with E-state index < -0.39 is 10.1 Å². The Balaban J connectivity index is 1.86. The Morgan fingerprint density at radius 2 is 2.06 bits per heavy atom. The number of carbonyl (C=O) groups excluding carboxylic acids is 1. The third-order valence-corrected chi connectivity index (χ3v) is 6.78. The van der Waals surface area contributed by atoms with Crippen LogP contribution < -0.4 is 4.74 Å². The minimum absolute atomic E-state index is 0.0983. The van der Waals surface area contributed by atoms with Gasteiger partial charge in [0.2, 0.25) is 0 Å². The zero-order valence-electron chi connectivity index (χ0n) is 17.9. The topological polar surface area (TPSA) is 117 Å². The van der Waals surface area contributed by atoms with Crippen molar-refractivity contribution in [1.82, 2.24) is 9.80 Å². The molecule has 1 amide bonds. The van der Waals surface area contributed by atoms with Crippen LogP contribution in [-0.4, -0.2) is 78.1 Å². The van der Waals surface area contributed by atoms with Crippen LogP contribution in [0.25, 0.3) is 0 Å². The third kappa shape index (κ3) is 6.31. The Bertz CT molecular complexity index is 1090. The highest BCUT2D eigenvalue weighted by atomic mass is 35.5. The van der Waals surface area contributed by atoms with Crippen molar-refractivity contribution in [2.24, 2.45) is 0 Å². The van der Waals surface area contributed by atoms with Gasteiger partial charge in [0.15, 0.2) is 5.11 Å². The van der Waals surface area contributed by atoms with Crippen LogP contribution in [0, 0.1) is 0 Å². The molecule has 1 saturated heterocycles. The first-order valence-electron chi connectivity index (χ1n) is 10.2. The number of amides is 1. The van der Waals surface area contributed by atoms with Crippen LogP contribution >= 0.6 is 23.8 Å². The Labute approximate surface area is 203 Å². The summed E-state index contributed by atoms with van der Waals surface area (Å²) in [5.41, 5.74) is 1.15. The molecular weight excluding hydrogens is 492 g/mol. The molecule has 0 saturated carbocycles. The fourth-order valence-corrected chi connectivity index (χ4v) is 4.66. The Kier molecular flexibility index (Phi) is 8.48. The SMILES string of the molecule is CN1C(=O)C(=CC=C2Oc3ccc(Cl)cc3C2CCCS(=O)(=O)O)N(CCOCCO)C1=S. The molecule has 2 aliphatic rings. The van der Waals surface area contributed by atoms with Crippen molar-refractivity contribution >= 4 is 45.0 Å². The molecule has 0 aliphatic carbocycles. The molecule has 1 atom stereocenters. The standard InChI is InChI=1S/C21H25ClN2O7S2/c1-23-20(26)17(24(21(23)32)8-10-30-11-9-25)5-7-18-15(3-2-12-33(27,28)29)16-13-14(22)4-6-19(16)31-18/h4-7,13,15,25H,2-3,8-12H2,1H3,(H,27,28,29). The Hall–Kier alpha value is -2.02. The lowest BCUT2D eigenvalue weighted by atomic mass is 9.94. The zero-order chi connectivity index (χ0) is 24.2. The number of aliphatic hydroxyl groups is 1. The summed E-state index contributed by atoms with van der Waals surface area (Å²) >= 11 is 11.5. The maximum atomic E-state index is 12.7. The smallest absolute Gasteiger partial charge is 0.276 e. The second-order valence-electron chi connectivity index (χ2n) is 7.52. The van der Waals surface area contributed by atoms with Crippen molar-refractivity contribution in [3.05, 3.63) is 52.4 Å². The molecule has 9 nitrogen and oxygen atoms in total. The summed E-state index contributed by atoms with van der Waals surface area (Å²) in [4.78, 5) is 15.7. The van der Waals surface area contributed by atoms with Gasteiger partial charge in [-0.3, -0.25) is 14.2 Å². The van der Waals surface area contributed by atoms with Crippen molar-refractivity contribution < 1.29 is 32.3 Å². The number of allylic oxidation sites excluding steroid dienone is 3. The lowest BCUT2D eigenvalue weighted by Gasteiger charge is -2.18. The molecule has 2 N–H and O–H groups in total. The number of rotatable bonds is 10. The second kappa shape index (κ2) is 10.9. The minimum Gasteiger partial charge on any atom is -0.461 e. The van der Waals surface area contributed by atoms with Gasteiger partial charge in [0.1, 0.15) is 17.2 Å². The average molecular weight is 517 g/mol. The second-order valence-corrected chi connectivity index (χ2v) is 9.89. The van der Waals surface area contributed by atoms with Crippen LogP contribution in [0.15, 0.2) is 41.8 Å². The van der Waals surface area contributed by atoms with Gasteiger partial charge in [-0.25, -0.2) is 0 Å². The van der Waals surface area contributed by atoms with E-state index in [0.717, 1.165) is 5.56 Å². The predicted octanol–water partition coefficient (Wildman–Crippen LogP) is 2.32. The maximum absolute atomic E-state index is 12.7. The predicted molar refractivity (Wildman–Crippen MR) is 127 cm³/mol. The lowest BCUT2D eigenvalue weighted by Crippen LogP contribution is -2.31. The molecule has 180 valence electrons. The number of ether oxygens (including phenoxy) is 2. The molecule has 1 unspecified atom stereocenters. The van der Waals surface area contributed by atoms with Gasteiger partial charge in [-0.1, -0.05) is 11.6 Å². The molecule has 1 fully saturated rings. The Morgan fingerprint density at radius 1 is 1.30 bits per heavy atom. The van der Waals surface area contributed by atoms with Crippen LogP contribution in [-0.2, 0) is 19.6 Å². The van der Waals surface area contributed by atoms with Gasteiger partial charge in [-0.15, -0.1) is 0 Å². The monoisotopic (exact) mass is 516 g/mol. The highest BCUT2D eigenvalue weighted by Gasteiger charge is 2.35. The first-order valence-corrected chi connectivity index (χ1v) is 12.6. The molecule has 12 heteroatoms. The molecule has 0 aromatic heterocycles. The molecule has 0 radical (unpaired) electrons. The number of fused-ring (bicyclic) bond motifs is 1. The first kappa shape index (κ1) is 25.6. The van der Waals surface area contributed by atoms with Gasteiger partial charge in [-0.2, -0.15) is 8.42 Å². The van der Waals surface area contributed by atoms with Gasteiger partial charge in [0.25, 0.3) is 16.0 Å². The number of likely N-dealkylation sites (N-methyl/N-ethyl adjacent to an activating group) is 1. The number of hydrogen-bond donors (Lipinski definition) is 2. The van der Waals surface area contributed by atoms with Gasteiger partial charge in [0, 0.05) is 30.1 Å². The molecule has 2 heterocycles. The number of benzene rings is 1. The number of nitrogens with zero attached hydrogens (tertiary/aromatic N) is 2. The number of hydrogen-bond acceptors (Lipinski definition) is 7. The number of aliphatic hydroxyl groups excluding tert-OH is 1. The zero-order valence-corrected chi connectivity index (χ0v) is 20.3. The van der Waals surface area contributed by atoms with Crippen molar-refractivity contribution in [2.45, 2.75) is 18.8 Å². The third-order valence-electron chi connectivity index (χ3n) is 5.25. The van der Waals surface area contributed by atoms with Crippen LogP contribution in [0.3, 0.4) is 0 Å². The summed E-state index contributed by atoms with van der Waals surface area (Å²) in [7, 11) is -2.50. The fraction of sp³-hybridized carbons (Fsp3) is 0.429. The summed E-state index contributed by atoms with van der Waals surface area (Å²) in [5, 5.41) is 9.71. The van der Waals surface area contributed by atoms with E-state index in [4.69, 9.17) is 43.0 Å². The van der Waals surface area contributed by atoms with E-state index in [9.17, 15) is 13.2 Å². The van der Waals surface area contributed by atoms with E-state index in [1.165, 1.54) is 4.90 Å². The minimum atomic E-state index is -4.08. The van der Waals surface area contributed by atoms with Crippen molar-refractivity contribution in [2.75, 3.05) is 39.2 Å². The summed E-state index contributed by atoms with van der Waals surface area (Å²) in [6.07, 6.45) is 3.89. The fourth-order valence-electron chi connectivity index (χ4n) is 3.67. The highest BCUT2D eigenvalue weighted by molar-refractivity contribution is 7.85. The van der Waals surface area contributed by atoms with Gasteiger partial charge in [-0.05, 0) is 55.4 Å². The van der Waals surface area contributed by atoms with Crippen LogP contribution in [0.1, 0.15) is 24.3 Å². The molecule has 0 bridgehead atoms. The van der Waals surface area contributed by atoms with Crippen molar-refractivity contribution in [3.63, 3.8) is 0 Å². The number of thiocarbonyl (C=S) groups is 1. The van der Waals surface area contributed by atoms with Crippen molar-refractivity contribution in [1.29, 1.82) is 0 Å². The highest BCUT2D eigenvalue weighted by Crippen LogP contribution is 2.44. The van der Waals surface area contributed by atoms with Crippen molar-refractivity contribution in [3.8, 4) is 5.75 Å². The molecule has 2 aliphatic heterocycles. The average Bonchev–Trinajstić information content (AvgIpc) is 3.18. The van der Waals surface area contributed by atoms with Gasteiger partial charge >= 0.3 is 0 Å². The van der Waals surface area contributed by atoms with E-state index in [0.29, 0.717) is 40.3 Å². The molecule has 0 spiro atoms. The molecule has 33 heavy (non-hydrogen) atoms. The number of halogens is 1. The van der Waals surface area contributed by atoms with Gasteiger partial charge < -0.3 is 19.5 Å². The maximum Gasteiger partial charge on any atom is 0.276 e. The molecule has 3 rings (SSSR count). The quantitative estimate of drug-likeness (QED) is 0.209. The van der Waals surface area contributed by atoms with Gasteiger partial charge in [0.05, 0.1) is 25.6 Å². The summed E-state index contributed by atoms with van der Waals surface area (Å²) in [5.74, 6) is 0.188. The number of carbonyl (C=O) groups is 1. The Morgan fingerprint density at radius 3 is 2.76 bits per heavy atom. The van der Waals surface area contributed by atoms with Crippen LogP contribution in [0.5, 0.6) is 5.75 Å². The van der Waals surface area contributed by atoms with Crippen LogP contribution in [0.4, 0.5) is 0 Å². The lowest BCUT2D eigenvalue weighted by molar-refractivity contribution is -0.121. The molecule has 1 aromatic carbocycles. The normalized spacial score (nSPS) is 20.8. The summed E-state index contributed by atoms with van der Waals surface area (Å²) < 4.78 is 42.6. The van der Waals surface area contributed by atoms with Crippen LogP contribution in [0.2, 0.25) is 5.02 Å². The summed E-state index contributed by atoms with van der Waals surface area (Å²) in [6, 6.07) is 5.19. The van der Waals surface area contributed by atoms with E-state index in [1.807, 2.05) is 0 Å². The molecular formula is C21H25ClN2O7S2. The molecule has 1 aromatic rings. The largest absolute Gasteiger partial charge is 0.461 e. The summed E-state index contributed by atoms with van der Waals surface area (Å²) in [6.45, 7) is 0.694.